The van der Waals surface area contributed by atoms with Crippen molar-refractivity contribution in [3.05, 3.63) is 12.2 Å². The van der Waals surface area contributed by atoms with Crippen molar-refractivity contribution < 1.29 is 9.59 Å². The standard InChI is InChI=1S/C13H21N3O2/c1-9(17)15-12-3-2-6-16(8-12)13(18)10-4-5-11(14)7-10/h4-5,10-12H,2-3,6-8,14H2,1H3,(H,15,17). The molecule has 0 aromatic carbocycles. The first-order valence-electron chi connectivity index (χ1n) is 6.56. The molecule has 0 aromatic rings. The van der Waals surface area contributed by atoms with Crippen molar-refractivity contribution in [2.75, 3.05) is 13.1 Å². The lowest BCUT2D eigenvalue weighted by atomic mass is 10.0. The number of likely N-dealkylation sites (tertiary alicyclic amines) is 1. The van der Waals surface area contributed by atoms with Gasteiger partial charge in [0.2, 0.25) is 11.8 Å². The predicted molar refractivity (Wildman–Crippen MR) is 68.6 cm³/mol. The van der Waals surface area contributed by atoms with Gasteiger partial charge in [0, 0.05) is 32.1 Å². The molecule has 1 saturated heterocycles. The molecule has 0 spiro atoms. The minimum atomic E-state index is -0.0731. The van der Waals surface area contributed by atoms with Gasteiger partial charge in [-0.25, -0.2) is 0 Å². The second-order valence-electron chi connectivity index (χ2n) is 5.21. The Labute approximate surface area is 107 Å². The van der Waals surface area contributed by atoms with E-state index < -0.39 is 0 Å². The summed E-state index contributed by atoms with van der Waals surface area (Å²) in [5, 5.41) is 2.89. The van der Waals surface area contributed by atoms with E-state index in [-0.39, 0.29) is 29.8 Å². The van der Waals surface area contributed by atoms with E-state index in [1.165, 1.54) is 6.92 Å². The van der Waals surface area contributed by atoms with Crippen molar-refractivity contribution in [1.29, 1.82) is 0 Å². The van der Waals surface area contributed by atoms with Gasteiger partial charge in [-0.2, -0.15) is 0 Å². The molecule has 18 heavy (non-hydrogen) atoms. The first-order valence-corrected chi connectivity index (χ1v) is 6.56. The van der Waals surface area contributed by atoms with Crippen molar-refractivity contribution in [3.8, 4) is 0 Å². The van der Waals surface area contributed by atoms with Gasteiger partial charge in [0.15, 0.2) is 0 Å². The van der Waals surface area contributed by atoms with Crippen molar-refractivity contribution >= 4 is 11.8 Å². The minimum absolute atomic E-state index is 0.00915. The highest BCUT2D eigenvalue weighted by Gasteiger charge is 2.30. The molecule has 2 amide bonds. The van der Waals surface area contributed by atoms with Gasteiger partial charge in [0.1, 0.15) is 0 Å². The second-order valence-corrected chi connectivity index (χ2v) is 5.21. The van der Waals surface area contributed by atoms with Crippen LogP contribution in [-0.4, -0.2) is 41.9 Å². The van der Waals surface area contributed by atoms with Gasteiger partial charge in [0.05, 0.1) is 5.92 Å². The van der Waals surface area contributed by atoms with Crippen LogP contribution in [0.1, 0.15) is 26.2 Å². The third-order valence-corrected chi connectivity index (χ3v) is 3.57. The molecular formula is C13H21N3O2. The maximum Gasteiger partial charge on any atom is 0.229 e. The first-order chi connectivity index (χ1) is 8.56. The van der Waals surface area contributed by atoms with Gasteiger partial charge in [0.25, 0.3) is 0 Å². The van der Waals surface area contributed by atoms with E-state index in [4.69, 9.17) is 5.73 Å². The average Bonchev–Trinajstić information content (AvgIpc) is 2.74. The summed E-state index contributed by atoms with van der Waals surface area (Å²) < 4.78 is 0. The van der Waals surface area contributed by atoms with E-state index >= 15 is 0 Å². The molecule has 5 heteroatoms. The molecule has 0 radical (unpaired) electrons. The molecule has 1 aliphatic heterocycles. The number of rotatable bonds is 2. The Morgan fingerprint density at radius 1 is 1.39 bits per heavy atom. The molecule has 100 valence electrons. The van der Waals surface area contributed by atoms with Crippen LogP contribution in [0.15, 0.2) is 12.2 Å². The van der Waals surface area contributed by atoms with Crippen LogP contribution in [-0.2, 0) is 9.59 Å². The van der Waals surface area contributed by atoms with Gasteiger partial charge in [-0.05, 0) is 19.3 Å². The predicted octanol–water partition coefficient (Wildman–Crippen LogP) is 0.0169. The summed E-state index contributed by atoms with van der Waals surface area (Å²) in [7, 11) is 0. The lowest BCUT2D eigenvalue weighted by molar-refractivity contribution is -0.136. The Hall–Kier alpha value is -1.36. The molecule has 0 aromatic heterocycles. The average molecular weight is 251 g/mol. The van der Waals surface area contributed by atoms with Gasteiger partial charge in [-0.1, -0.05) is 12.2 Å². The van der Waals surface area contributed by atoms with Gasteiger partial charge < -0.3 is 16.0 Å². The summed E-state index contributed by atoms with van der Waals surface area (Å²) in [5.74, 6) is 0.0439. The fraction of sp³-hybridized carbons (Fsp3) is 0.692. The van der Waals surface area contributed by atoms with Crippen molar-refractivity contribution in [2.24, 2.45) is 11.7 Å². The highest BCUT2D eigenvalue weighted by molar-refractivity contribution is 5.81. The third kappa shape index (κ3) is 3.10. The van der Waals surface area contributed by atoms with Crippen LogP contribution in [0.3, 0.4) is 0 Å². The third-order valence-electron chi connectivity index (χ3n) is 3.57. The van der Waals surface area contributed by atoms with Gasteiger partial charge in [-0.15, -0.1) is 0 Å². The number of nitrogens with zero attached hydrogens (tertiary/aromatic N) is 1. The molecule has 2 rings (SSSR count). The molecular weight excluding hydrogens is 230 g/mol. The number of hydrogen-bond donors (Lipinski definition) is 2. The van der Waals surface area contributed by atoms with E-state index in [1.807, 2.05) is 17.1 Å². The van der Waals surface area contributed by atoms with Crippen molar-refractivity contribution in [2.45, 2.75) is 38.3 Å². The van der Waals surface area contributed by atoms with E-state index in [0.29, 0.717) is 13.0 Å². The Morgan fingerprint density at radius 3 is 2.78 bits per heavy atom. The van der Waals surface area contributed by atoms with Crippen LogP contribution in [0, 0.1) is 5.92 Å². The SMILES string of the molecule is CC(=O)NC1CCCN(C(=O)C2C=CC(N)C2)C1. The molecule has 3 N–H and O–H groups in total. The number of nitrogens with one attached hydrogen (secondary N) is 1. The Kier molecular flexibility index (Phi) is 4.01. The van der Waals surface area contributed by atoms with Crippen LogP contribution in [0.4, 0.5) is 0 Å². The van der Waals surface area contributed by atoms with Crippen LogP contribution < -0.4 is 11.1 Å². The Morgan fingerprint density at radius 2 is 2.17 bits per heavy atom. The minimum Gasteiger partial charge on any atom is -0.352 e. The molecule has 1 fully saturated rings. The zero-order valence-electron chi connectivity index (χ0n) is 10.8. The summed E-state index contributed by atoms with van der Waals surface area (Å²) in [6.45, 7) is 2.92. The van der Waals surface area contributed by atoms with Crippen molar-refractivity contribution in [1.82, 2.24) is 10.2 Å². The van der Waals surface area contributed by atoms with Crippen LogP contribution in [0.2, 0.25) is 0 Å². The maximum absolute atomic E-state index is 12.3. The number of carbonyl (C=O) groups excluding carboxylic acids is 2. The summed E-state index contributed by atoms with van der Waals surface area (Å²) in [4.78, 5) is 25.2. The smallest absolute Gasteiger partial charge is 0.229 e. The lowest BCUT2D eigenvalue weighted by Crippen LogP contribution is -2.50. The molecule has 1 aliphatic carbocycles. The van der Waals surface area contributed by atoms with Crippen molar-refractivity contribution in [3.63, 3.8) is 0 Å². The monoisotopic (exact) mass is 251 g/mol. The van der Waals surface area contributed by atoms with Crippen LogP contribution in [0.5, 0.6) is 0 Å². The molecule has 2 aliphatic rings. The molecule has 0 saturated carbocycles. The van der Waals surface area contributed by atoms with E-state index in [2.05, 4.69) is 5.32 Å². The number of carbonyl (C=O) groups is 2. The van der Waals surface area contributed by atoms with Crippen LogP contribution in [0.25, 0.3) is 0 Å². The topological polar surface area (TPSA) is 75.4 Å². The summed E-state index contributed by atoms with van der Waals surface area (Å²) in [6.07, 6.45) is 6.41. The zero-order chi connectivity index (χ0) is 13.1. The molecule has 0 bridgehead atoms. The number of hydrogen-bond acceptors (Lipinski definition) is 3. The summed E-state index contributed by atoms with van der Waals surface area (Å²) >= 11 is 0. The van der Waals surface area contributed by atoms with Crippen LogP contribution >= 0.6 is 0 Å². The zero-order valence-corrected chi connectivity index (χ0v) is 10.8. The second kappa shape index (κ2) is 5.52. The Bertz CT molecular complexity index is 367. The number of nitrogens with two attached hydrogens (primary N) is 1. The highest BCUT2D eigenvalue weighted by Crippen LogP contribution is 2.21. The molecule has 1 heterocycles. The fourth-order valence-electron chi connectivity index (χ4n) is 2.73. The van der Waals surface area contributed by atoms with E-state index in [0.717, 1.165) is 19.4 Å². The van der Waals surface area contributed by atoms with Gasteiger partial charge >= 0.3 is 0 Å². The highest BCUT2D eigenvalue weighted by atomic mass is 16.2. The first kappa shape index (κ1) is 13.1. The molecule has 3 unspecified atom stereocenters. The number of piperidine rings is 1. The lowest BCUT2D eigenvalue weighted by Gasteiger charge is -2.34. The van der Waals surface area contributed by atoms with Gasteiger partial charge in [-0.3, -0.25) is 9.59 Å². The molecule has 5 nitrogen and oxygen atoms in total. The number of amides is 2. The quantitative estimate of drug-likeness (QED) is 0.679. The Balaban J connectivity index is 1.90. The largest absolute Gasteiger partial charge is 0.352 e. The normalized spacial score (nSPS) is 31.4. The maximum atomic E-state index is 12.3. The molecule has 3 atom stereocenters. The fourth-order valence-corrected chi connectivity index (χ4v) is 2.73. The summed E-state index contributed by atoms with van der Waals surface area (Å²) in [6, 6.07) is 0.106. The summed E-state index contributed by atoms with van der Waals surface area (Å²) in [5.41, 5.74) is 5.77. The van der Waals surface area contributed by atoms with E-state index in [1.54, 1.807) is 0 Å². The van der Waals surface area contributed by atoms with E-state index in [9.17, 15) is 9.59 Å².